The minimum atomic E-state index is -3.07. The summed E-state index contributed by atoms with van der Waals surface area (Å²) in [6.45, 7) is 5.36. The van der Waals surface area contributed by atoms with Crippen LogP contribution in [0.4, 0.5) is 0 Å². The highest BCUT2D eigenvalue weighted by Gasteiger charge is 2.40. The maximum atomic E-state index is 12.7. The zero-order valence-corrected chi connectivity index (χ0v) is 13.1. The van der Waals surface area contributed by atoms with Gasteiger partial charge in [0, 0.05) is 45.3 Å². The Kier molecular flexibility index (Phi) is 4.65. The summed E-state index contributed by atoms with van der Waals surface area (Å²) in [6.07, 6.45) is 5.80. The van der Waals surface area contributed by atoms with Gasteiger partial charge in [0.1, 0.15) is 0 Å². The summed E-state index contributed by atoms with van der Waals surface area (Å²) in [4.78, 5) is 2.27. The number of sulfonamides is 1. The molecule has 0 radical (unpaired) electrons. The van der Waals surface area contributed by atoms with Crippen LogP contribution < -0.4 is 5.32 Å². The van der Waals surface area contributed by atoms with E-state index in [1.807, 2.05) is 4.31 Å². The van der Waals surface area contributed by atoms with Crippen LogP contribution in [0.2, 0.25) is 0 Å². The topological polar surface area (TPSA) is 52.7 Å². The minimum Gasteiger partial charge on any atom is -0.314 e. The fourth-order valence-corrected chi connectivity index (χ4v) is 5.87. The average Bonchev–Trinajstić information content (AvgIpc) is 2.94. The summed E-state index contributed by atoms with van der Waals surface area (Å²) in [7, 11) is -3.07. The van der Waals surface area contributed by atoms with E-state index in [1.165, 1.54) is 19.3 Å². The van der Waals surface area contributed by atoms with Crippen LogP contribution in [0.25, 0.3) is 0 Å². The first kappa shape index (κ1) is 14.8. The number of hydrogen-bond donors (Lipinski definition) is 1. The number of piperazine rings is 1. The second-order valence-corrected chi connectivity index (χ2v) is 8.46. The fraction of sp³-hybridized carbons (Fsp3) is 1.00. The van der Waals surface area contributed by atoms with Gasteiger partial charge in [-0.25, -0.2) is 8.42 Å². The highest BCUT2D eigenvalue weighted by atomic mass is 32.2. The van der Waals surface area contributed by atoms with Crippen molar-refractivity contribution in [3.05, 3.63) is 0 Å². The van der Waals surface area contributed by atoms with Crippen molar-refractivity contribution in [1.82, 2.24) is 14.5 Å². The lowest BCUT2D eigenvalue weighted by Gasteiger charge is -2.37. The van der Waals surface area contributed by atoms with Gasteiger partial charge in [-0.2, -0.15) is 4.31 Å². The molecule has 0 spiro atoms. The first-order valence-corrected chi connectivity index (χ1v) is 9.70. The maximum Gasteiger partial charge on any atom is 0.215 e. The normalized spacial score (nSPS) is 33.2. The van der Waals surface area contributed by atoms with Crippen LogP contribution >= 0.6 is 0 Å². The third-order valence-electron chi connectivity index (χ3n) is 5.17. The molecule has 2 aliphatic heterocycles. The van der Waals surface area contributed by atoms with E-state index in [-0.39, 0.29) is 0 Å². The third-order valence-corrected chi connectivity index (χ3v) is 7.04. The van der Waals surface area contributed by atoms with Crippen LogP contribution in [0.3, 0.4) is 0 Å². The molecule has 0 amide bonds. The monoisotopic (exact) mass is 301 g/mol. The molecule has 0 bridgehead atoms. The molecule has 2 atom stereocenters. The Hall–Kier alpha value is -0.170. The van der Waals surface area contributed by atoms with E-state index in [2.05, 4.69) is 10.2 Å². The maximum absolute atomic E-state index is 12.7. The van der Waals surface area contributed by atoms with Crippen molar-refractivity contribution in [2.24, 2.45) is 5.92 Å². The highest BCUT2D eigenvalue weighted by molar-refractivity contribution is 7.89. The van der Waals surface area contributed by atoms with Crippen LogP contribution in [0.5, 0.6) is 0 Å². The Bertz CT molecular complexity index is 420. The molecule has 3 rings (SSSR count). The van der Waals surface area contributed by atoms with Crippen LogP contribution in [0.1, 0.15) is 32.1 Å². The first-order valence-electron chi connectivity index (χ1n) is 8.09. The SMILES string of the molecule is O=S(=O)(CCN1CCNCC1)N1CCCC2CCCC21. The molecule has 3 aliphatic rings. The Balaban J connectivity index is 1.59. The zero-order valence-electron chi connectivity index (χ0n) is 12.3. The highest BCUT2D eigenvalue weighted by Crippen LogP contribution is 2.38. The van der Waals surface area contributed by atoms with Gasteiger partial charge in [0.2, 0.25) is 10.0 Å². The molecule has 5 nitrogen and oxygen atoms in total. The molecule has 6 heteroatoms. The summed E-state index contributed by atoms with van der Waals surface area (Å²) in [6, 6.07) is 0.316. The van der Waals surface area contributed by atoms with E-state index in [9.17, 15) is 8.42 Å². The number of nitrogens with zero attached hydrogens (tertiary/aromatic N) is 2. The van der Waals surface area contributed by atoms with Gasteiger partial charge in [-0.1, -0.05) is 6.42 Å². The van der Waals surface area contributed by atoms with Crippen molar-refractivity contribution in [2.75, 3.05) is 45.0 Å². The van der Waals surface area contributed by atoms with E-state index >= 15 is 0 Å². The summed E-state index contributed by atoms with van der Waals surface area (Å²) >= 11 is 0. The molecule has 2 unspecified atom stereocenters. The Morgan fingerprint density at radius 2 is 1.75 bits per heavy atom. The summed E-state index contributed by atoms with van der Waals surface area (Å²) in [5, 5.41) is 3.30. The predicted octanol–water partition coefficient (Wildman–Crippen LogP) is 0.486. The standard InChI is InChI=1S/C14H27N3O2S/c18-20(19,12-11-16-9-6-15-7-10-16)17-8-2-4-13-3-1-5-14(13)17/h13-15H,1-12H2. The lowest BCUT2D eigenvalue weighted by Crippen LogP contribution is -2.50. The number of nitrogens with one attached hydrogen (secondary N) is 1. The van der Waals surface area contributed by atoms with Gasteiger partial charge in [-0.05, 0) is 31.6 Å². The average molecular weight is 301 g/mol. The van der Waals surface area contributed by atoms with Gasteiger partial charge in [-0.15, -0.1) is 0 Å². The number of rotatable bonds is 4. The van der Waals surface area contributed by atoms with Gasteiger partial charge < -0.3 is 5.32 Å². The quantitative estimate of drug-likeness (QED) is 0.821. The van der Waals surface area contributed by atoms with Crippen LogP contribution in [0, 0.1) is 5.92 Å². The van der Waals surface area contributed by atoms with Gasteiger partial charge in [0.05, 0.1) is 5.75 Å². The van der Waals surface area contributed by atoms with E-state index in [0.29, 0.717) is 24.3 Å². The molecule has 1 saturated carbocycles. The van der Waals surface area contributed by atoms with E-state index in [1.54, 1.807) is 0 Å². The molecule has 1 aliphatic carbocycles. The molecule has 2 heterocycles. The Morgan fingerprint density at radius 3 is 2.55 bits per heavy atom. The number of hydrogen-bond acceptors (Lipinski definition) is 4. The Morgan fingerprint density at radius 1 is 1.00 bits per heavy atom. The van der Waals surface area contributed by atoms with Crippen molar-refractivity contribution in [2.45, 2.75) is 38.1 Å². The van der Waals surface area contributed by atoms with Crippen LogP contribution in [-0.4, -0.2) is 68.7 Å². The molecule has 2 saturated heterocycles. The van der Waals surface area contributed by atoms with Crippen LogP contribution in [-0.2, 0) is 10.0 Å². The third kappa shape index (κ3) is 3.18. The van der Waals surface area contributed by atoms with Gasteiger partial charge in [-0.3, -0.25) is 4.90 Å². The molecule has 20 heavy (non-hydrogen) atoms. The van der Waals surface area contributed by atoms with Gasteiger partial charge >= 0.3 is 0 Å². The van der Waals surface area contributed by atoms with Gasteiger partial charge in [0.15, 0.2) is 0 Å². The largest absolute Gasteiger partial charge is 0.314 e. The zero-order chi connectivity index (χ0) is 14.0. The molecular formula is C14H27N3O2S. The van der Waals surface area contributed by atoms with E-state index in [4.69, 9.17) is 0 Å². The lowest BCUT2D eigenvalue weighted by molar-refractivity contribution is 0.199. The van der Waals surface area contributed by atoms with Gasteiger partial charge in [0.25, 0.3) is 0 Å². The van der Waals surface area contributed by atoms with Crippen molar-refractivity contribution in [3.8, 4) is 0 Å². The van der Waals surface area contributed by atoms with Crippen molar-refractivity contribution >= 4 is 10.0 Å². The second kappa shape index (κ2) is 6.30. The van der Waals surface area contributed by atoms with Crippen LogP contribution in [0.15, 0.2) is 0 Å². The summed E-state index contributed by atoms with van der Waals surface area (Å²) in [5.41, 5.74) is 0. The summed E-state index contributed by atoms with van der Waals surface area (Å²) < 4.78 is 27.2. The lowest BCUT2D eigenvalue weighted by atomic mass is 9.94. The van der Waals surface area contributed by atoms with E-state index < -0.39 is 10.0 Å². The fourth-order valence-electron chi connectivity index (χ4n) is 4.05. The predicted molar refractivity (Wildman–Crippen MR) is 80.2 cm³/mol. The van der Waals surface area contributed by atoms with Crippen molar-refractivity contribution < 1.29 is 8.42 Å². The molecule has 0 aromatic rings. The van der Waals surface area contributed by atoms with Crippen molar-refractivity contribution in [1.29, 1.82) is 0 Å². The molecule has 116 valence electrons. The van der Waals surface area contributed by atoms with E-state index in [0.717, 1.165) is 45.6 Å². The summed E-state index contributed by atoms with van der Waals surface area (Å²) in [5.74, 6) is 0.939. The number of piperidine rings is 1. The van der Waals surface area contributed by atoms with Crippen molar-refractivity contribution in [3.63, 3.8) is 0 Å². The molecule has 1 N–H and O–H groups in total. The minimum absolute atomic E-state index is 0.302. The molecular weight excluding hydrogens is 274 g/mol. The number of fused-ring (bicyclic) bond motifs is 1. The molecule has 3 fully saturated rings. The molecule has 0 aromatic carbocycles. The second-order valence-electron chi connectivity index (χ2n) is 6.42. The first-order chi connectivity index (χ1) is 9.67. The smallest absolute Gasteiger partial charge is 0.215 e. The molecule has 0 aromatic heterocycles. The Labute approximate surface area is 122 Å².